The fourth-order valence-electron chi connectivity index (χ4n) is 2.73. The summed E-state index contributed by atoms with van der Waals surface area (Å²) in [6.45, 7) is 4.47. The Morgan fingerprint density at radius 1 is 1.41 bits per heavy atom. The van der Waals surface area contributed by atoms with E-state index < -0.39 is 0 Å². The maximum Gasteiger partial charge on any atom is 0.241 e. The minimum absolute atomic E-state index is 0.0587. The number of aliphatic hydroxyl groups is 1. The molecule has 17 heavy (non-hydrogen) atoms. The Kier molecular flexibility index (Phi) is 4.76. The third kappa shape index (κ3) is 3.40. The molecule has 2 unspecified atom stereocenters. The van der Waals surface area contributed by atoms with Crippen LogP contribution in [-0.4, -0.2) is 61.3 Å². The van der Waals surface area contributed by atoms with E-state index in [4.69, 9.17) is 5.11 Å². The Balaban J connectivity index is 1.85. The topological polar surface area (TPSA) is 64.6 Å². The van der Waals surface area contributed by atoms with Gasteiger partial charge in [0.1, 0.15) is 0 Å². The minimum Gasteiger partial charge on any atom is -0.396 e. The zero-order chi connectivity index (χ0) is 12.1. The molecule has 2 aliphatic rings. The number of nitrogens with one attached hydrogen (secondary N) is 2. The summed E-state index contributed by atoms with van der Waals surface area (Å²) in [6.07, 6.45) is 3.03. The molecule has 0 aromatic rings. The Hall–Kier alpha value is -0.650. The molecule has 98 valence electrons. The second kappa shape index (κ2) is 6.33. The number of hydrogen-bond donors (Lipinski definition) is 3. The van der Waals surface area contributed by atoms with Crippen LogP contribution in [0.25, 0.3) is 0 Å². The number of piperidine rings is 1. The summed E-state index contributed by atoms with van der Waals surface area (Å²) in [7, 11) is 0. The van der Waals surface area contributed by atoms with Gasteiger partial charge in [0.25, 0.3) is 0 Å². The van der Waals surface area contributed by atoms with E-state index in [1.54, 1.807) is 0 Å². The van der Waals surface area contributed by atoms with Crippen LogP contribution in [0.15, 0.2) is 0 Å². The van der Waals surface area contributed by atoms with Crippen molar-refractivity contribution in [1.29, 1.82) is 0 Å². The maximum atomic E-state index is 12.3. The predicted octanol–water partition coefficient (Wildman–Crippen LogP) is -0.831. The van der Waals surface area contributed by atoms with Gasteiger partial charge in [-0.3, -0.25) is 4.79 Å². The summed E-state index contributed by atoms with van der Waals surface area (Å²) in [5.74, 6) is 0.703. The number of nitrogens with zero attached hydrogens (tertiary/aromatic N) is 1. The fourth-order valence-corrected chi connectivity index (χ4v) is 2.73. The van der Waals surface area contributed by atoms with Crippen molar-refractivity contribution in [2.45, 2.75) is 25.3 Å². The summed E-state index contributed by atoms with van der Waals surface area (Å²) >= 11 is 0. The van der Waals surface area contributed by atoms with Gasteiger partial charge in [0.2, 0.25) is 5.91 Å². The Morgan fingerprint density at radius 2 is 2.29 bits per heavy atom. The first-order valence-corrected chi connectivity index (χ1v) is 6.65. The first-order chi connectivity index (χ1) is 8.31. The highest BCUT2D eigenvalue weighted by Crippen LogP contribution is 2.19. The number of piperazine rings is 1. The van der Waals surface area contributed by atoms with Crippen LogP contribution < -0.4 is 10.6 Å². The molecule has 3 N–H and O–H groups in total. The largest absolute Gasteiger partial charge is 0.396 e. The van der Waals surface area contributed by atoms with E-state index in [0.717, 1.165) is 52.0 Å². The number of carbonyl (C=O) groups is 1. The van der Waals surface area contributed by atoms with E-state index in [1.807, 2.05) is 4.90 Å². The molecule has 2 heterocycles. The van der Waals surface area contributed by atoms with Crippen LogP contribution in [0, 0.1) is 5.92 Å². The van der Waals surface area contributed by atoms with Crippen molar-refractivity contribution in [3.05, 3.63) is 0 Å². The molecule has 0 radical (unpaired) electrons. The molecule has 0 aromatic heterocycles. The molecule has 0 spiro atoms. The smallest absolute Gasteiger partial charge is 0.241 e. The highest BCUT2D eigenvalue weighted by atomic mass is 16.3. The van der Waals surface area contributed by atoms with Crippen molar-refractivity contribution >= 4 is 5.91 Å². The quantitative estimate of drug-likeness (QED) is 0.603. The molecular formula is C12H23N3O2. The molecule has 2 aliphatic heterocycles. The molecule has 2 rings (SSSR count). The van der Waals surface area contributed by atoms with Crippen molar-refractivity contribution < 1.29 is 9.90 Å². The molecule has 5 nitrogen and oxygen atoms in total. The molecule has 0 bridgehead atoms. The average Bonchev–Trinajstić information content (AvgIpc) is 2.40. The van der Waals surface area contributed by atoms with Crippen LogP contribution in [-0.2, 0) is 4.79 Å². The summed E-state index contributed by atoms with van der Waals surface area (Å²) in [5.41, 5.74) is 0. The molecule has 0 aliphatic carbocycles. The molecular weight excluding hydrogens is 218 g/mol. The van der Waals surface area contributed by atoms with Crippen LogP contribution >= 0.6 is 0 Å². The van der Waals surface area contributed by atoms with Crippen LogP contribution in [0.2, 0.25) is 0 Å². The normalized spacial score (nSPS) is 30.3. The van der Waals surface area contributed by atoms with E-state index in [2.05, 4.69) is 10.6 Å². The van der Waals surface area contributed by atoms with Gasteiger partial charge < -0.3 is 20.6 Å². The molecule has 0 saturated carbocycles. The van der Waals surface area contributed by atoms with Crippen molar-refractivity contribution in [3.63, 3.8) is 0 Å². The van der Waals surface area contributed by atoms with Crippen LogP contribution in [0.3, 0.4) is 0 Å². The van der Waals surface area contributed by atoms with Gasteiger partial charge in [0.05, 0.1) is 6.04 Å². The number of hydrogen-bond acceptors (Lipinski definition) is 4. The van der Waals surface area contributed by atoms with E-state index in [9.17, 15) is 4.79 Å². The molecule has 5 heteroatoms. The highest BCUT2D eigenvalue weighted by Gasteiger charge is 2.29. The number of aliphatic hydroxyl groups excluding tert-OH is 1. The van der Waals surface area contributed by atoms with Crippen molar-refractivity contribution in [2.24, 2.45) is 5.92 Å². The molecule has 2 atom stereocenters. The van der Waals surface area contributed by atoms with E-state index >= 15 is 0 Å². The fraction of sp³-hybridized carbons (Fsp3) is 0.917. The van der Waals surface area contributed by atoms with Gasteiger partial charge in [-0.05, 0) is 25.2 Å². The summed E-state index contributed by atoms with van der Waals surface area (Å²) in [6, 6.07) is -0.0587. The minimum atomic E-state index is -0.0587. The van der Waals surface area contributed by atoms with Gasteiger partial charge in [-0.25, -0.2) is 0 Å². The third-order valence-corrected chi connectivity index (χ3v) is 3.71. The lowest BCUT2D eigenvalue weighted by Gasteiger charge is -2.36. The van der Waals surface area contributed by atoms with Crippen LogP contribution in [0.5, 0.6) is 0 Å². The lowest BCUT2D eigenvalue weighted by molar-refractivity contribution is -0.135. The van der Waals surface area contributed by atoms with Crippen molar-refractivity contribution in [3.8, 4) is 0 Å². The van der Waals surface area contributed by atoms with Crippen molar-refractivity contribution in [1.82, 2.24) is 15.5 Å². The zero-order valence-electron chi connectivity index (χ0n) is 10.3. The second-order valence-electron chi connectivity index (χ2n) is 5.02. The lowest BCUT2D eigenvalue weighted by Crippen LogP contribution is -2.57. The van der Waals surface area contributed by atoms with Gasteiger partial charge in [-0.15, -0.1) is 0 Å². The van der Waals surface area contributed by atoms with Gasteiger partial charge in [0.15, 0.2) is 0 Å². The third-order valence-electron chi connectivity index (χ3n) is 3.71. The molecule has 2 fully saturated rings. The second-order valence-corrected chi connectivity index (χ2v) is 5.02. The highest BCUT2D eigenvalue weighted by molar-refractivity contribution is 5.82. The van der Waals surface area contributed by atoms with E-state index in [-0.39, 0.29) is 18.6 Å². The van der Waals surface area contributed by atoms with E-state index in [0.29, 0.717) is 5.92 Å². The molecule has 0 aromatic carbocycles. The maximum absolute atomic E-state index is 12.3. The predicted molar refractivity (Wildman–Crippen MR) is 65.7 cm³/mol. The Labute approximate surface area is 103 Å². The summed E-state index contributed by atoms with van der Waals surface area (Å²) in [4.78, 5) is 14.2. The van der Waals surface area contributed by atoms with Gasteiger partial charge in [0, 0.05) is 39.3 Å². The average molecular weight is 241 g/mol. The number of likely N-dealkylation sites (tertiary alicyclic amines) is 1. The Bertz CT molecular complexity index is 252. The Morgan fingerprint density at radius 3 is 3.00 bits per heavy atom. The van der Waals surface area contributed by atoms with Gasteiger partial charge >= 0.3 is 0 Å². The number of rotatable bonds is 3. The molecule has 2 saturated heterocycles. The monoisotopic (exact) mass is 241 g/mol. The summed E-state index contributed by atoms with van der Waals surface area (Å²) < 4.78 is 0. The summed E-state index contributed by atoms with van der Waals surface area (Å²) in [5, 5.41) is 15.5. The van der Waals surface area contributed by atoms with E-state index in [1.165, 1.54) is 0 Å². The first kappa shape index (κ1) is 12.8. The number of amides is 1. The number of carbonyl (C=O) groups excluding carboxylic acids is 1. The van der Waals surface area contributed by atoms with Crippen LogP contribution in [0.1, 0.15) is 19.3 Å². The van der Waals surface area contributed by atoms with Crippen LogP contribution in [0.4, 0.5) is 0 Å². The zero-order valence-corrected chi connectivity index (χ0v) is 10.3. The lowest BCUT2D eigenvalue weighted by atomic mass is 9.94. The standard InChI is InChI=1S/C12H23N3O2/c16-7-3-10-2-1-6-15(9-10)12(17)11-8-13-4-5-14-11/h10-11,13-14,16H,1-9H2. The van der Waals surface area contributed by atoms with Gasteiger partial charge in [-0.2, -0.15) is 0 Å². The van der Waals surface area contributed by atoms with Gasteiger partial charge in [-0.1, -0.05) is 0 Å². The SMILES string of the molecule is O=C(C1CNCCN1)N1CCCC(CCO)C1. The van der Waals surface area contributed by atoms with Crippen molar-refractivity contribution in [2.75, 3.05) is 39.3 Å². The molecule has 1 amide bonds. The first-order valence-electron chi connectivity index (χ1n) is 6.65.